The summed E-state index contributed by atoms with van der Waals surface area (Å²) in [6, 6.07) is -0.973. The Hall–Kier alpha value is -2.38. The van der Waals surface area contributed by atoms with E-state index < -0.39 is 24.3 Å². The standard InChI is InChI=1S/C11H14N4O4/c1-14-6-7(5-13-14)11(19)15-3-2-12-10(18)8(15)4-9(16)17/h5-6,8H,2-4H2,1H3,(H,12,18)(H,16,17). The summed E-state index contributed by atoms with van der Waals surface area (Å²) < 4.78 is 1.48. The first-order valence-corrected chi connectivity index (χ1v) is 5.78. The first-order valence-electron chi connectivity index (χ1n) is 5.78. The van der Waals surface area contributed by atoms with E-state index in [1.807, 2.05) is 0 Å². The van der Waals surface area contributed by atoms with Gasteiger partial charge in [-0.05, 0) is 0 Å². The Labute approximate surface area is 109 Å². The highest BCUT2D eigenvalue weighted by atomic mass is 16.4. The quantitative estimate of drug-likeness (QED) is 0.717. The summed E-state index contributed by atoms with van der Waals surface area (Å²) >= 11 is 0. The molecule has 2 amide bonds. The number of aromatic nitrogens is 2. The van der Waals surface area contributed by atoms with Crippen molar-refractivity contribution >= 4 is 17.8 Å². The highest BCUT2D eigenvalue weighted by Gasteiger charge is 2.35. The molecule has 2 N–H and O–H groups in total. The molecule has 0 aromatic carbocycles. The van der Waals surface area contributed by atoms with E-state index in [2.05, 4.69) is 10.4 Å². The maximum Gasteiger partial charge on any atom is 0.305 e. The number of hydrogen-bond acceptors (Lipinski definition) is 4. The predicted molar refractivity (Wildman–Crippen MR) is 63.3 cm³/mol. The molecule has 1 aliphatic rings. The number of piperazine rings is 1. The molecule has 0 bridgehead atoms. The van der Waals surface area contributed by atoms with Gasteiger partial charge in [-0.2, -0.15) is 5.10 Å². The first kappa shape index (κ1) is 13.1. The number of carbonyl (C=O) groups excluding carboxylic acids is 2. The molecule has 1 unspecified atom stereocenters. The zero-order chi connectivity index (χ0) is 14.0. The Kier molecular flexibility index (Phi) is 3.50. The van der Waals surface area contributed by atoms with E-state index >= 15 is 0 Å². The number of carboxylic acid groups (broad SMARTS) is 1. The minimum Gasteiger partial charge on any atom is -0.481 e. The summed E-state index contributed by atoms with van der Waals surface area (Å²) in [4.78, 5) is 36.0. The molecular weight excluding hydrogens is 252 g/mol. The number of aryl methyl sites for hydroxylation is 1. The van der Waals surface area contributed by atoms with Crippen LogP contribution < -0.4 is 5.32 Å². The number of rotatable bonds is 3. The normalized spacial score (nSPS) is 19.1. The molecule has 0 saturated carbocycles. The number of aliphatic carboxylic acids is 1. The Morgan fingerprint density at radius 2 is 2.32 bits per heavy atom. The Bertz CT molecular complexity index is 525. The van der Waals surface area contributed by atoms with E-state index in [9.17, 15) is 14.4 Å². The Morgan fingerprint density at radius 1 is 1.58 bits per heavy atom. The van der Waals surface area contributed by atoms with Gasteiger partial charge in [-0.25, -0.2) is 0 Å². The average Bonchev–Trinajstić information content (AvgIpc) is 2.77. The van der Waals surface area contributed by atoms with E-state index in [0.717, 1.165) is 0 Å². The van der Waals surface area contributed by atoms with Gasteiger partial charge in [0, 0.05) is 26.3 Å². The molecular formula is C11H14N4O4. The maximum absolute atomic E-state index is 12.3. The SMILES string of the molecule is Cn1cc(C(=O)N2CCNC(=O)C2CC(=O)O)cn1. The number of amides is 2. The second-order valence-electron chi connectivity index (χ2n) is 4.31. The van der Waals surface area contributed by atoms with Crippen LogP contribution >= 0.6 is 0 Å². The van der Waals surface area contributed by atoms with Crippen LogP contribution in [0, 0.1) is 0 Å². The van der Waals surface area contributed by atoms with E-state index in [1.165, 1.54) is 22.0 Å². The van der Waals surface area contributed by atoms with Gasteiger partial charge in [0.1, 0.15) is 6.04 Å². The lowest BCUT2D eigenvalue weighted by molar-refractivity contribution is -0.142. The maximum atomic E-state index is 12.3. The molecule has 1 fully saturated rings. The van der Waals surface area contributed by atoms with Crippen LogP contribution in [-0.2, 0) is 16.6 Å². The molecule has 0 radical (unpaired) electrons. The van der Waals surface area contributed by atoms with Gasteiger partial charge in [-0.15, -0.1) is 0 Å². The Morgan fingerprint density at radius 3 is 2.89 bits per heavy atom. The number of carbonyl (C=O) groups is 3. The highest BCUT2D eigenvalue weighted by molar-refractivity contribution is 5.98. The molecule has 1 atom stereocenters. The van der Waals surface area contributed by atoms with Crippen LogP contribution in [0.2, 0.25) is 0 Å². The van der Waals surface area contributed by atoms with Gasteiger partial charge in [0.15, 0.2) is 0 Å². The third-order valence-corrected chi connectivity index (χ3v) is 2.91. The number of nitrogens with zero attached hydrogens (tertiary/aromatic N) is 3. The van der Waals surface area contributed by atoms with Crippen molar-refractivity contribution in [3.63, 3.8) is 0 Å². The van der Waals surface area contributed by atoms with Gasteiger partial charge in [0.25, 0.3) is 5.91 Å². The first-order chi connectivity index (χ1) is 8.99. The van der Waals surface area contributed by atoms with Crippen molar-refractivity contribution in [1.82, 2.24) is 20.0 Å². The van der Waals surface area contributed by atoms with Crippen molar-refractivity contribution in [2.75, 3.05) is 13.1 Å². The molecule has 1 aliphatic heterocycles. The van der Waals surface area contributed by atoms with Gasteiger partial charge in [-0.1, -0.05) is 0 Å². The minimum absolute atomic E-state index is 0.289. The van der Waals surface area contributed by atoms with Crippen LogP contribution in [0.25, 0.3) is 0 Å². The molecule has 0 spiro atoms. The van der Waals surface area contributed by atoms with Gasteiger partial charge >= 0.3 is 5.97 Å². The summed E-state index contributed by atoms with van der Waals surface area (Å²) in [5.41, 5.74) is 0.340. The molecule has 19 heavy (non-hydrogen) atoms. The zero-order valence-corrected chi connectivity index (χ0v) is 10.4. The largest absolute Gasteiger partial charge is 0.481 e. The lowest BCUT2D eigenvalue weighted by Crippen LogP contribution is -2.57. The second kappa shape index (κ2) is 5.09. The van der Waals surface area contributed by atoms with Crippen LogP contribution in [0.3, 0.4) is 0 Å². The van der Waals surface area contributed by atoms with Crippen LogP contribution in [0.4, 0.5) is 0 Å². The summed E-state index contributed by atoms with van der Waals surface area (Å²) in [6.07, 6.45) is 2.52. The number of hydrogen-bond donors (Lipinski definition) is 2. The van der Waals surface area contributed by atoms with E-state index in [0.29, 0.717) is 12.1 Å². The van der Waals surface area contributed by atoms with Crippen molar-refractivity contribution in [2.45, 2.75) is 12.5 Å². The van der Waals surface area contributed by atoms with Crippen LogP contribution in [0.1, 0.15) is 16.8 Å². The monoisotopic (exact) mass is 266 g/mol. The van der Waals surface area contributed by atoms with Crippen LogP contribution in [0.5, 0.6) is 0 Å². The smallest absolute Gasteiger partial charge is 0.305 e. The van der Waals surface area contributed by atoms with E-state index in [-0.39, 0.29) is 12.5 Å². The molecule has 1 aromatic heterocycles. The van der Waals surface area contributed by atoms with Crippen molar-refractivity contribution in [2.24, 2.45) is 7.05 Å². The van der Waals surface area contributed by atoms with Crippen LogP contribution in [0.15, 0.2) is 12.4 Å². The zero-order valence-electron chi connectivity index (χ0n) is 10.4. The van der Waals surface area contributed by atoms with Crippen molar-refractivity contribution in [3.8, 4) is 0 Å². The fourth-order valence-electron chi connectivity index (χ4n) is 2.02. The summed E-state index contributed by atoms with van der Waals surface area (Å²) in [7, 11) is 1.68. The van der Waals surface area contributed by atoms with Crippen molar-refractivity contribution < 1.29 is 19.5 Å². The van der Waals surface area contributed by atoms with Crippen molar-refractivity contribution in [3.05, 3.63) is 18.0 Å². The molecule has 1 aromatic rings. The van der Waals surface area contributed by atoms with E-state index in [4.69, 9.17) is 5.11 Å². The molecule has 1 saturated heterocycles. The van der Waals surface area contributed by atoms with Crippen LogP contribution in [-0.4, -0.2) is 56.7 Å². The van der Waals surface area contributed by atoms with Gasteiger partial charge < -0.3 is 15.3 Å². The summed E-state index contributed by atoms with van der Waals surface area (Å²) in [5, 5.41) is 15.3. The highest BCUT2D eigenvalue weighted by Crippen LogP contribution is 2.13. The van der Waals surface area contributed by atoms with Gasteiger partial charge in [0.2, 0.25) is 5.91 Å². The molecule has 8 nitrogen and oxygen atoms in total. The van der Waals surface area contributed by atoms with E-state index in [1.54, 1.807) is 7.05 Å². The number of carboxylic acids is 1. The fraction of sp³-hybridized carbons (Fsp3) is 0.455. The van der Waals surface area contributed by atoms with Gasteiger partial charge in [0.05, 0.1) is 18.2 Å². The molecule has 8 heteroatoms. The fourth-order valence-corrected chi connectivity index (χ4v) is 2.02. The third kappa shape index (κ3) is 2.72. The predicted octanol–water partition coefficient (Wildman–Crippen LogP) is -1.16. The van der Waals surface area contributed by atoms with Gasteiger partial charge in [-0.3, -0.25) is 19.1 Å². The topological polar surface area (TPSA) is 105 Å². The molecule has 2 rings (SSSR count). The molecule has 102 valence electrons. The summed E-state index contributed by atoms with van der Waals surface area (Å²) in [6.45, 7) is 0.609. The molecule has 0 aliphatic carbocycles. The Balaban J connectivity index is 2.22. The summed E-state index contributed by atoms with van der Waals surface area (Å²) in [5.74, 6) is -1.94. The van der Waals surface area contributed by atoms with Crippen molar-refractivity contribution in [1.29, 1.82) is 0 Å². The minimum atomic E-state index is -1.12. The number of nitrogens with one attached hydrogen (secondary N) is 1. The lowest BCUT2D eigenvalue weighted by Gasteiger charge is -2.33. The lowest BCUT2D eigenvalue weighted by atomic mass is 10.1. The average molecular weight is 266 g/mol. The molecule has 2 heterocycles. The second-order valence-corrected chi connectivity index (χ2v) is 4.31. The third-order valence-electron chi connectivity index (χ3n) is 2.91.